The van der Waals surface area contributed by atoms with Gasteiger partial charge in [0.1, 0.15) is 25.7 Å². The number of rotatable bonds is 8. The fraction of sp³-hybridized carbons (Fsp3) is 0.0667. The molecule has 4 rings (SSSR count). The van der Waals surface area contributed by atoms with E-state index in [1.807, 2.05) is 97.2 Å². The molecule has 0 saturated carbocycles. The second kappa shape index (κ2) is 11.5. The van der Waals surface area contributed by atoms with Crippen LogP contribution in [0.2, 0.25) is 0 Å². The van der Waals surface area contributed by atoms with Crippen LogP contribution in [0.5, 0.6) is 5.75 Å². The highest BCUT2D eigenvalue weighted by Crippen LogP contribution is 2.20. The summed E-state index contributed by atoms with van der Waals surface area (Å²) in [5.74, 6) is 0.372. The molecule has 2 heterocycles. The fourth-order valence-corrected chi connectivity index (χ4v) is 3.39. The van der Waals surface area contributed by atoms with Gasteiger partial charge in [-0.1, -0.05) is 73.0 Å². The lowest BCUT2D eigenvalue weighted by Crippen LogP contribution is -2.36. The van der Waals surface area contributed by atoms with Gasteiger partial charge in [0.2, 0.25) is 0 Å². The molecular weight excluding hydrogens is 436 g/mol. The summed E-state index contributed by atoms with van der Waals surface area (Å²) in [4.78, 5) is 11.2. The van der Waals surface area contributed by atoms with Crippen LogP contribution in [-0.4, -0.2) is 12.6 Å². The van der Waals surface area contributed by atoms with Gasteiger partial charge in [0.25, 0.3) is 0 Å². The molecule has 5 nitrogen and oxygen atoms in total. The maximum absolute atomic E-state index is 11.2. The maximum atomic E-state index is 11.2. The Bertz CT molecular complexity index is 1400. The Morgan fingerprint density at radius 1 is 0.943 bits per heavy atom. The standard InChI is InChI=1S/C30H26N2O3/c1-3-30(33)35-21-25-11-9-23(10-12-25)7-8-24-13-15-27(16-14-24)34-22-26-17-18-31-28(20-26)29-6-4-5-19-32(29)2/h3-20H,1-2,21-22H2. The largest absolute Gasteiger partial charge is 0.659 e. The molecule has 3 aromatic rings. The molecule has 0 fully saturated rings. The summed E-state index contributed by atoms with van der Waals surface area (Å²) in [5, 5.41) is 5.40. The number of carbonyl (C=O) groups is 1. The highest BCUT2D eigenvalue weighted by molar-refractivity contribution is 5.81. The summed E-state index contributed by atoms with van der Waals surface area (Å²) in [6.45, 7) is 8.08. The summed E-state index contributed by atoms with van der Waals surface area (Å²) in [6.07, 6.45) is 12.9. The number of hydrogen-bond donors (Lipinski definition) is 0. The van der Waals surface area contributed by atoms with Crippen molar-refractivity contribution in [3.63, 3.8) is 0 Å². The number of ether oxygens (including phenoxy) is 2. The highest BCUT2D eigenvalue weighted by Gasteiger charge is 2.02. The van der Waals surface area contributed by atoms with Gasteiger partial charge in [-0.2, -0.15) is 10.4 Å². The number of nitrogens with zero attached hydrogens (tertiary/aromatic N) is 2. The molecule has 1 aliphatic rings. The van der Waals surface area contributed by atoms with E-state index in [4.69, 9.17) is 9.47 Å². The molecule has 0 saturated heterocycles. The first-order valence-electron chi connectivity index (χ1n) is 11.2. The van der Waals surface area contributed by atoms with Crippen molar-refractivity contribution in [3.8, 4) is 5.75 Å². The topological polar surface area (TPSA) is 55.5 Å². The van der Waals surface area contributed by atoms with Gasteiger partial charge in [-0.3, -0.25) is 0 Å². The Balaban J connectivity index is 1.33. The van der Waals surface area contributed by atoms with Crippen molar-refractivity contribution in [1.29, 1.82) is 0 Å². The average Bonchev–Trinajstić information content (AvgIpc) is 2.91. The predicted molar refractivity (Wildman–Crippen MR) is 138 cm³/mol. The summed E-state index contributed by atoms with van der Waals surface area (Å²) in [7, 11) is 0. The lowest BCUT2D eigenvalue weighted by molar-refractivity contribution is -0.514. The van der Waals surface area contributed by atoms with E-state index in [-0.39, 0.29) is 6.61 Å². The third-order valence-electron chi connectivity index (χ3n) is 5.31. The molecule has 35 heavy (non-hydrogen) atoms. The van der Waals surface area contributed by atoms with Gasteiger partial charge in [0, 0.05) is 18.2 Å². The monoisotopic (exact) mass is 462 g/mol. The van der Waals surface area contributed by atoms with Gasteiger partial charge >= 0.3 is 5.97 Å². The Hall–Kier alpha value is -4.64. The van der Waals surface area contributed by atoms with Crippen LogP contribution in [0.15, 0.2) is 110 Å². The number of hydrogen-bond acceptors (Lipinski definition) is 3. The number of esters is 1. The van der Waals surface area contributed by atoms with Crippen LogP contribution in [0.25, 0.3) is 23.2 Å². The molecule has 0 unspecified atom stereocenters. The SMILES string of the molecule is C=CC(=O)OCc1ccc(C=Cc2ccc(OCC3=CC(=c4cccc[n+]4=C)[N-]C=C3)cc2)cc1. The van der Waals surface area contributed by atoms with E-state index >= 15 is 0 Å². The van der Waals surface area contributed by atoms with E-state index in [0.717, 1.165) is 45.1 Å². The molecule has 0 atom stereocenters. The zero-order valence-electron chi connectivity index (χ0n) is 19.3. The first kappa shape index (κ1) is 23.5. The molecule has 0 aliphatic carbocycles. The lowest BCUT2D eigenvalue weighted by Gasteiger charge is -2.21. The molecule has 0 radical (unpaired) electrons. The molecular formula is C30H26N2O3. The van der Waals surface area contributed by atoms with Crippen molar-refractivity contribution in [2.75, 3.05) is 6.61 Å². The van der Waals surface area contributed by atoms with Gasteiger partial charge in [-0.15, -0.1) is 0 Å². The average molecular weight is 463 g/mol. The fourth-order valence-electron chi connectivity index (χ4n) is 3.39. The zero-order valence-corrected chi connectivity index (χ0v) is 19.3. The van der Waals surface area contributed by atoms with E-state index in [1.54, 1.807) is 10.4 Å². The van der Waals surface area contributed by atoms with Crippen LogP contribution >= 0.6 is 0 Å². The second-order valence-corrected chi connectivity index (χ2v) is 7.85. The predicted octanol–water partition coefficient (Wildman–Crippen LogP) is 5.03. The number of benzene rings is 2. The molecule has 0 N–H and O–H groups in total. The second-order valence-electron chi connectivity index (χ2n) is 7.85. The van der Waals surface area contributed by atoms with Crippen molar-refractivity contribution in [2.24, 2.45) is 0 Å². The molecule has 0 amide bonds. The third-order valence-corrected chi connectivity index (χ3v) is 5.31. The van der Waals surface area contributed by atoms with Gasteiger partial charge in [-0.05, 0) is 40.5 Å². The highest BCUT2D eigenvalue weighted by atomic mass is 16.5. The number of pyridine rings is 1. The normalized spacial score (nSPS) is 14.2. The van der Waals surface area contributed by atoms with Crippen LogP contribution in [-0.2, 0) is 16.1 Å². The first-order valence-corrected chi connectivity index (χ1v) is 11.2. The van der Waals surface area contributed by atoms with Crippen LogP contribution in [0.4, 0.5) is 0 Å². The smallest absolute Gasteiger partial charge is 0.330 e. The van der Waals surface area contributed by atoms with E-state index in [1.165, 1.54) is 0 Å². The van der Waals surface area contributed by atoms with Gasteiger partial charge < -0.3 is 14.8 Å². The Kier molecular flexibility index (Phi) is 7.71. The molecule has 174 valence electrons. The molecule has 0 bridgehead atoms. The quantitative estimate of drug-likeness (QED) is 0.204. The van der Waals surface area contributed by atoms with E-state index < -0.39 is 5.97 Å². The van der Waals surface area contributed by atoms with Gasteiger partial charge in [0.05, 0.1) is 0 Å². The van der Waals surface area contributed by atoms with Crippen LogP contribution in [0.1, 0.15) is 16.7 Å². The van der Waals surface area contributed by atoms with Crippen molar-refractivity contribution < 1.29 is 18.5 Å². The van der Waals surface area contributed by atoms with Gasteiger partial charge in [-0.25, -0.2) is 4.79 Å². The van der Waals surface area contributed by atoms with Crippen LogP contribution in [0.3, 0.4) is 0 Å². The van der Waals surface area contributed by atoms with Crippen molar-refractivity contribution in [2.45, 2.75) is 6.61 Å². The van der Waals surface area contributed by atoms with Crippen molar-refractivity contribution >= 4 is 23.8 Å². The lowest BCUT2D eigenvalue weighted by atomic mass is 10.1. The molecule has 2 aromatic carbocycles. The van der Waals surface area contributed by atoms with Gasteiger partial charge in [0.15, 0.2) is 11.5 Å². The van der Waals surface area contributed by atoms with E-state index in [0.29, 0.717) is 6.61 Å². The maximum Gasteiger partial charge on any atom is 0.330 e. The van der Waals surface area contributed by atoms with Crippen LogP contribution in [0, 0.1) is 6.72 Å². The molecule has 1 aliphatic heterocycles. The number of aromatic nitrogens is 1. The summed E-state index contributed by atoms with van der Waals surface area (Å²) in [6, 6.07) is 21.7. The minimum Gasteiger partial charge on any atom is -0.659 e. The minimum absolute atomic E-state index is 0.235. The minimum atomic E-state index is -0.425. The summed E-state index contributed by atoms with van der Waals surface area (Å²) < 4.78 is 12.8. The zero-order chi connectivity index (χ0) is 24.5. The third kappa shape index (κ3) is 6.68. The Morgan fingerprint density at radius 3 is 2.34 bits per heavy atom. The van der Waals surface area contributed by atoms with Crippen molar-refractivity contribution in [1.82, 2.24) is 0 Å². The molecule has 5 heteroatoms. The summed E-state index contributed by atoms with van der Waals surface area (Å²) >= 11 is 0. The Morgan fingerprint density at radius 2 is 1.66 bits per heavy atom. The first-order chi connectivity index (χ1) is 17.1. The van der Waals surface area contributed by atoms with Crippen LogP contribution < -0.4 is 14.3 Å². The van der Waals surface area contributed by atoms with Crippen molar-refractivity contribution in [3.05, 3.63) is 144 Å². The summed E-state index contributed by atoms with van der Waals surface area (Å²) in [5.41, 5.74) is 4.93. The van der Waals surface area contributed by atoms with E-state index in [2.05, 4.69) is 18.6 Å². The Labute approximate surface area is 205 Å². The number of carbonyl (C=O) groups excluding carboxylic acids is 1. The van der Waals surface area contributed by atoms with E-state index in [9.17, 15) is 4.79 Å². The molecule has 1 aromatic heterocycles. The molecule has 0 spiro atoms.